The van der Waals surface area contributed by atoms with E-state index < -0.39 is 56.1 Å². The van der Waals surface area contributed by atoms with Gasteiger partial charge in [0.1, 0.15) is 42.1 Å². The smallest absolute Gasteiger partial charge is 0.308 e. The number of hydrogen-bond donors (Lipinski definition) is 2. The molecule has 0 amide bonds. The van der Waals surface area contributed by atoms with Crippen molar-refractivity contribution in [1.29, 1.82) is 0 Å². The third-order valence-corrected chi connectivity index (χ3v) is 13.8. The molecule has 4 aromatic carbocycles. The lowest BCUT2D eigenvalue weighted by Gasteiger charge is -2.42. The molecule has 1 aliphatic rings. The normalized spacial score (nSPS) is 17.1. The number of benzene rings is 4. The van der Waals surface area contributed by atoms with Crippen LogP contribution in [-0.2, 0) is 33.7 Å². The lowest BCUT2D eigenvalue weighted by Crippen LogP contribution is -2.50. The monoisotopic (exact) mass is 964 g/mol. The number of nitrogens with zero attached hydrogens (tertiary/aromatic N) is 4. The Hall–Kier alpha value is -6.20. The van der Waals surface area contributed by atoms with E-state index in [0.29, 0.717) is 28.4 Å². The largest absolute Gasteiger partial charge is 0.497 e. The third-order valence-electron chi connectivity index (χ3n) is 11.6. The van der Waals surface area contributed by atoms with Gasteiger partial charge < -0.3 is 43.2 Å². The molecular formula is C51H61N6O11P. The summed E-state index contributed by atoms with van der Waals surface area (Å²) in [5.74, 6) is 0.564. The molecule has 6 aromatic rings. The van der Waals surface area contributed by atoms with Gasteiger partial charge in [-0.05, 0) is 80.8 Å². The van der Waals surface area contributed by atoms with Gasteiger partial charge in [-0.15, -0.1) is 0 Å². The van der Waals surface area contributed by atoms with Crippen molar-refractivity contribution in [3.63, 3.8) is 0 Å². The first-order chi connectivity index (χ1) is 33.1. The van der Waals surface area contributed by atoms with Gasteiger partial charge in [0, 0.05) is 31.3 Å². The number of methoxy groups -OCH3 is 2. The van der Waals surface area contributed by atoms with Crippen molar-refractivity contribution in [3.05, 3.63) is 136 Å². The molecule has 3 heterocycles. The molecule has 3 N–H and O–H groups in total. The number of rotatable bonds is 22. The molecule has 0 radical (unpaired) electrons. The number of ketones is 1. The summed E-state index contributed by atoms with van der Waals surface area (Å²) in [6.45, 7) is 13.3. The highest BCUT2D eigenvalue weighted by molar-refractivity contribution is 7.44. The molecule has 7 rings (SSSR count). The number of aromatic nitrogens is 4. The lowest BCUT2D eigenvalue weighted by molar-refractivity contribution is -0.167. The fraction of sp³-hybridized carbons (Fsp3) is 0.392. The van der Waals surface area contributed by atoms with Gasteiger partial charge in [-0.1, -0.05) is 80.6 Å². The Labute approximate surface area is 403 Å². The number of nitrogen functional groups attached to an aromatic ring is 1. The second-order valence-corrected chi connectivity index (χ2v) is 18.7. The van der Waals surface area contributed by atoms with E-state index in [2.05, 4.69) is 47.3 Å². The highest BCUT2D eigenvalue weighted by atomic mass is 31.2. The van der Waals surface area contributed by atoms with Crippen LogP contribution < -0.4 is 30.2 Å². The fourth-order valence-electron chi connectivity index (χ4n) is 8.51. The molecule has 1 fully saturated rings. The van der Waals surface area contributed by atoms with Crippen molar-refractivity contribution in [1.82, 2.24) is 24.2 Å². The number of nitrogens with two attached hydrogens (primary N) is 1. The number of para-hydroxylation sites is 2. The van der Waals surface area contributed by atoms with Gasteiger partial charge in [-0.2, -0.15) is 4.98 Å². The number of anilines is 1. The summed E-state index contributed by atoms with van der Waals surface area (Å²) in [5.41, 5.74) is 6.53. The lowest BCUT2D eigenvalue weighted by atomic mass is 9.79. The minimum absolute atomic E-state index is 0.0602. The highest BCUT2D eigenvalue weighted by Crippen LogP contribution is 2.52. The van der Waals surface area contributed by atoms with Crippen molar-refractivity contribution in [2.45, 2.75) is 97.1 Å². The zero-order chi connectivity index (χ0) is 49.4. The molecule has 0 saturated carbocycles. The second-order valence-electron chi connectivity index (χ2n) is 17.3. The molecule has 0 aliphatic carbocycles. The van der Waals surface area contributed by atoms with Crippen LogP contribution in [0.2, 0.25) is 0 Å². The van der Waals surface area contributed by atoms with Crippen LogP contribution in [-0.4, -0.2) is 93.8 Å². The van der Waals surface area contributed by atoms with Crippen LogP contribution in [0.4, 0.5) is 5.95 Å². The Kier molecular flexibility index (Phi) is 16.5. The first-order valence-electron chi connectivity index (χ1n) is 22.9. The predicted octanol–water partition coefficient (Wildman–Crippen LogP) is 8.36. The van der Waals surface area contributed by atoms with E-state index in [1.165, 1.54) is 13.3 Å². The molecule has 69 heavy (non-hydrogen) atoms. The molecule has 0 spiro atoms. The summed E-state index contributed by atoms with van der Waals surface area (Å²) in [5, 5.41) is 0. The van der Waals surface area contributed by atoms with Gasteiger partial charge in [0.25, 0.3) is 14.1 Å². The van der Waals surface area contributed by atoms with E-state index in [1.807, 2.05) is 92.7 Å². The van der Waals surface area contributed by atoms with Crippen molar-refractivity contribution >= 4 is 37.4 Å². The number of Topliss-reactive ketones (excluding diaryl/α,β-unsaturated/α-hetero) is 1. The summed E-state index contributed by atoms with van der Waals surface area (Å²) in [7, 11) is 1.28. The summed E-state index contributed by atoms with van der Waals surface area (Å²) >= 11 is 0. The Bertz CT molecular complexity index is 2660. The minimum Gasteiger partial charge on any atom is -0.497 e. The second kappa shape index (κ2) is 22.5. The average Bonchev–Trinajstić information content (AvgIpc) is 3.95. The summed E-state index contributed by atoms with van der Waals surface area (Å²) in [6, 6.07) is 31.6. The maximum absolute atomic E-state index is 15.2. The number of carbonyl (C=O) groups excluding carboxylic acids is 2. The Balaban J connectivity index is 1.36. The number of carbonyl (C=O) groups is 2. The van der Waals surface area contributed by atoms with Crippen LogP contribution >= 0.6 is 8.53 Å². The highest BCUT2D eigenvalue weighted by Gasteiger charge is 2.52. The topological polar surface area (TPSA) is 201 Å². The molecule has 2 aromatic heterocycles. The number of ether oxygens (including phenoxy) is 6. The van der Waals surface area contributed by atoms with Gasteiger partial charge in [-0.25, -0.2) is 9.65 Å². The summed E-state index contributed by atoms with van der Waals surface area (Å²) in [4.78, 5) is 51.5. The third kappa shape index (κ3) is 11.3. The Morgan fingerprint density at radius 1 is 0.841 bits per heavy atom. The molecule has 0 bridgehead atoms. The van der Waals surface area contributed by atoms with Crippen LogP contribution in [0.5, 0.6) is 23.0 Å². The van der Waals surface area contributed by atoms with E-state index in [1.54, 1.807) is 43.1 Å². The first kappa shape index (κ1) is 50.7. The molecule has 366 valence electrons. The van der Waals surface area contributed by atoms with Gasteiger partial charge in [0.15, 0.2) is 28.4 Å². The molecule has 5 atom stereocenters. The van der Waals surface area contributed by atoms with Crippen LogP contribution in [0.25, 0.3) is 11.2 Å². The van der Waals surface area contributed by atoms with Crippen molar-refractivity contribution in [3.8, 4) is 23.0 Å². The summed E-state index contributed by atoms with van der Waals surface area (Å²) < 4.78 is 55.1. The van der Waals surface area contributed by atoms with Crippen LogP contribution in [0, 0.1) is 5.92 Å². The summed E-state index contributed by atoms with van der Waals surface area (Å²) in [6.07, 6.45) is -2.53. The number of imidazole rings is 1. The molecular weight excluding hydrogens is 904 g/mol. The molecule has 1 aliphatic heterocycles. The minimum atomic E-state index is -1.92. The van der Waals surface area contributed by atoms with Gasteiger partial charge >= 0.3 is 5.97 Å². The molecule has 18 heteroatoms. The zero-order valence-electron chi connectivity index (χ0n) is 40.4. The Morgan fingerprint density at radius 2 is 1.42 bits per heavy atom. The Morgan fingerprint density at radius 3 is 1.99 bits per heavy atom. The van der Waals surface area contributed by atoms with E-state index in [9.17, 15) is 9.59 Å². The quantitative estimate of drug-likeness (QED) is 0.0216. The van der Waals surface area contributed by atoms with Crippen LogP contribution in [0.15, 0.2) is 114 Å². The van der Waals surface area contributed by atoms with Gasteiger partial charge in [0.05, 0.1) is 33.3 Å². The fourth-order valence-corrected chi connectivity index (χ4v) is 10.2. The maximum atomic E-state index is 15.2. The first-order valence-corrected chi connectivity index (χ1v) is 24.0. The van der Waals surface area contributed by atoms with Crippen LogP contribution in [0.1, 0.15) is 77.8 Å². The standard InChI is InChI=1S/C51H61N6O11P/c1-31(2)45(59)47(67-51(35-15-11-10-12-16-35,36-19-23-38(61-8)24-20-36)37-21-25-39(62-9)26-22-37)46-42(29-43(66-46)56-30-53-44-48(56)54-50(52)55-49(44)60)68-69(57(32(3)4)33(5)6)64-28-27-63-40-17-13-14-18-41(40)65-34(7)58/h10-26,30-33,42-43,46-47H,27-29H2,1-9H3,(H3,52,54,55,60)/t42-,43+,46-,47?,69?/m0/s1. The van der Waals surface area contributed by atoms with Gasteiger partial charge in [-0.3, -0.25) is 23.9 Å². The number of hydrogen-bond acceptors (Lipinski definition) is 15. The molecule has 1 saturated heterocycles. The molecule has 2 unspecified atom stereocenters. The van der Waals surface area contributed by atoms with Crippen LogP contribution in [0.3, 0.4) is 0 Å². The SMILES string of the molecule is COc1ccc(C(OC(C(=O)C(C)C)[C@H]2O[C@@H](n3cnc4c(=O)[nH]c(N)nc43)C[C@@H]2OP(OCCOc2ccccc2OC(C)=O)N(C(C)C)C(C)C)(c2ccccc2)c2ccc(OC)cc2)cc1. The van der Waals surface area contributed by atoms with Gasteiger partial charge in [0.2, 0.25) is 5.95 Å². The number of fused-ring (bicyclic) bond motifs is 1. The van der Waals surface area contributed by atoms with Crippen molar-refractivity contribution in [2.24, 2.45) is 5.92 Å². The van der Waals surface area contributed by atoms with E-state index in [0.717, 1.165) is 5.56 Å². The van der Waals surface area contributed by atoms with E-state index in [4.69, 9.17) is 43.2 Å². The maximum Gasteiger partial charge on any atom is 0.308 e. The van der Waals surface area contributed by atoms with Crippen molar-refractivity contribution < 1.29 is 47.1 Å². The average molecular weight is 965 g/mol. The van der Waals surface area contributed by atoms with E-state index in [-0.39, 0.29) is 60.4 Å². The number of aromatic amines is 1. The number of H-pyrrole nitrogens is 1. The zero-order valence-corrected chi connectivity index (χ0v) is 41.3. The molecule has 17 nitrogen and oxygen atoms in total. The number of esters is 1. The van der Waals surface area contributed by atoms with E-state index >= 15 is 4.79 Å². The number of nitrogens with one attached hydrogen (secondary N) is 1. The van der Waals surface area contributed by atoms with Crippen molar-refractivity contribution in [2.75, 3.05) is 33.2 Å². The predicted molar refractivity (Wildman–Crippen MR) is 261 cm³/mol.